The fraction of sp³-hybridized carbons (Fsp3) is 0.333. The quantitative estimate of drug-likeness (QED) is 0.572. The maximum atomic E-state index is 11.8. The molecule has 1 rings (SSSR count). The number of benzene rings is 1. The second-order valence-corrected chi connectivity index (χ2v) is 4.93. The van der Waals surface area contributed by atoms with Gasteiger partial charge in [0.05, 0.1) is 10.6 Å². The number of rotatable bonds is 4. The molecule has 0 spiro atoms. The minimum atomic E-state index is -0.331. The molecule has 0 heterocycles. The Kier molecular flexibility index (Phi) is 6.55. The number of carbonyl (C=O) groups is 1. The highest BCUT2D eigenvalue weighted by Crippen LogP contribution is 2.13. The number of likely N-dealkylation sites (N-methyl/N-ethyl adjacent to an activating group) is 1. The van der Waals surface area contributed by atoms with E-state index < -0.39 is 0 Å². The van der Waals surface area contributed by atoms with E-state index in [1.54, 1.807) is 24.3 Å². The number of halogens is 1. The van der Waals surface area contributed by atoms with Crippen molar-refractivity contribution in [2.45, 2.75) is 0 Å². The number of amides is 1. The molecule has 0 aromatic heterocycles. The normalized spacial score (nSPS) is 10.1. The van der Waals surface area contributed by atoms with Crippen LogP contribution in [-0.4, -0.2) is 43.1 Å². The molecule has 104 valence electrons. The van der Waals surface area contributed by atoms with Crippen LogP contribution >= 0.6 is 23.8 Å². The lowest BCUT2D eigenvalue weighted by molar-refractivity contribution is 0.0944. The smallest absolute Gasteiger partial charge is 0.271 e. The van der Waals surface area contributed by atoms with Crippen molar-refractivity contribution in [3.63, 3.8) is 0 Å². The van der Waals surface area contributed by atoms with E-state index in [4.69, 9.17) is 23.8 Å². The van der Waals surface area contributed by atoms with Crippen molar-refractivity contribution >= 4 is 34.8 Å². The number of nitrogens with zero attached hydrogens (tertiary/aromatic N) is 1. The van der Waals surface area contributed by atoms with Gasteiger partial charge in [0.25, 0.3) is 5.91 Å². The SMILES string of the molecule is CN(C)CCNC(=S)NNC(=O)c1ccccc1Cl. The first-order valence-corrected chi connectivity index (χ1v) is 6.53. The first-order valence-electron chi connectivity index (χ1n) is 5.74. The van der Waals surface area contributed by atoms with E-state index >= 15 is 0 Å². The van der Waals surface area contributed by atoms with Crippen LogP contribution in [0.5, 0.6) is 0 Å². The van der Waals surface area contributed by atoms with Gasteiger partial charge in [-0.3, -0.25) is 15.6 Å². The topological polar surface area (TPSA) is 56.4 Å². The highest BCUT2D eigenvalue weighted by atomic mass is 35.5. The number of nitrogens with one attached hydrogen (secondary N) is 3. The van der Waals surface area contributed by atoms with Crippen molar-refractivity contribution in [1.82, 2.24) is 21.1 Å². The summed E-state index contributed by atoms with van der Waals surface area (Å²) in [5.41, 5.74) is 5.51. The second-order valence-electron chi connectivity index (χ2n) is 4.12. The third-order valence-electron chi connectivity index (χ3n) is 2.25. The summed E-state index contributed by atoms with van der Waals surface area (Å²) in [5, 5.41) is 3.73. The van der Waals surface area contributed by atoms with Crippen LogP contribution in [0.3, 0.4) is 0 Å². The molecule has 0 aliphatic carbocycles. The molecule has 0 aliphatic rings. The third-order valence-corrected chi connectivity index (χ3v) is 2.83. The fourth-order valence-electron chi connectivity index (χ4n) is 1.26. The average molecular weight is 301 g/mol. The van der Waals surface area contributed by atoms with Crippen molar-refractivity contribution < 1.29 is 4.79 Å². The number of hydrazine groups is 1. The molecule has 1 amide bonds. The Balaban J connectivity index is 2.34. The molecule has 19 heavy (non-hydrogen) atoms. The summed E-state index contributed by atoms with van der Waals surface area (Å²) in [7, 11) is 3.94. The Morgan fingerprint density at radius 2 is 2.00 bits per heavy atom. The molecule has 0 saturated carbocycles. The molecular weight excluding hydrogens is 284 g/mol. The van der Waals surface area contributed by atoms with Gasteiger partial charge in [-0.2, -0.15) is 0 Å². The fourth-order valence-corrected chi connectivity index (χ4v) is 1.64. The maximum Gasteiger partial charge on any atom is 0.271 e. The van der Waals surface area contributed by atoms with Crippen LogP contribution in [0.1, 0.15) is 10.4 Å². The van der Waals surface area contributed by atoms with Crippen molar-refractivity contribution in [1.29, 1.82) is 0 Å². The van der Waals surface area contributed by atoms with Crippen LogP contribution in [0.2, 0.25) is 5.02 Å². The van der Waals surface area contributed by atoms with E-state index in [9.17, 15) is 4.79 Å². The van der Waals surface area contributed by atoms with Gasteiger partial charge < -0.3 is 10.2 Å². The minimum Gasteiger partial charge on any atom is -0.360 e. The van der Waals surface area contributed by atoms with Crippen molar-refractivity contribution in [3.05, 3.63) is 34.9 Å². The Morgan fingerprint density at radius 1 is 1.32 bits per heavy atom. The molecular formula is C12H17ClN4OS. The van der Waals surface area contributed by atoms with Gasteiger partial charge in [-0.25, -0.2) is 0 Å². The van der Waals surface area contributed by atoms with Gasteiger partial charge in [-0.1, -0.05) is 23.7 Å². The van der Waals surface area contributed by atoms with Crippen molar-refractivity contribution in [2.75, 3.05) is 27.2 Å². The Bertz CT molecular complexity index is 453. The molecule has 0 saturated heterocycles. The Hall–Kier alpha value is -1.37. The zero-order valence-corrected chi connectivity index (χ0v) is 12.4. The zero-order valence-electron chi connectivity index (χ0n) is 10.9. The lowest BCUT2D eigenvalue weighted by Crippen LogP contribution is -2.48. The maximum absolute atomic E-state index is 11.8. The lowest BCUT2D eigenvalue weighted by atomic mass is 10.2. The third kappa shape index (κ3) is 5.87. The van der Waals surface area contributed by atoms with E-state index in [1.807, 2.05) is 19.0 Å². The van der Waals surface area contributed by atoms with Crippen LogP contribution in [0.15, 0.2) is 24.3 Å². The number of carbonyl (C=O) groups excluding carboxylic acids is 1. The molecule has 1 aromatic rings. The monoisotopic (exact) mass is 300 g/mol. The number of hydrogen-bond donors (Lipinski definition) is 3. The van der Waals surface area contributed by atoms with E-state index in [-0.39, 0.29) is 5.91 Å². The highest BCUT2D eigenvalue weighted by molar-refractivity contribution is 7.80. The molecule has 5 nitrogen and oxygen atoms in total. The first kappa shape index (κ1) is 15.7. The zero-order chi connectivity index (χ0) is 14.3. The summed E-state index contributed by atoms with van der Waals surface area (Å²) in [6.45, 7) is 1.54. The Labute approximate surface area is 123 Å². The van der Waals surface area contributed by atoms with E-state index in [0.717, 1.165) is 6.54 Å². The minimum absolute atomic E-state index is 0.331. The van der Waals surface area contributed by atoms with Gasteiger partial charge in [0.15, 0.2) is 5.11 Å². The van der Waals surface area contributed by atoms with Gasteiger partial charge in [-0.05, 0) is 38.4 Å². The molecule has 0 aliphatic heterocycles. The first-order chi connectivity index (χ1) is 9.00. The summed E-state index contributed by atoms with van der Waals surface area (Å²) in [6, 6.07) is 6.81. The number of hydrogen-bond acceptors (Lipinski definition) is 3. The van der Waals surface area contributed by atoms with Gasteiger partial charge >= 0.3 is 0 Å². The van der Waals surface area contributed by atoms with Crippen LogP contribution in [-0.2, 0) is 0 Å². The summed E-state index contributed by atoms with van der Waals surface area (Å²) in [5.74, 6) is -0.331. The second kappa shape index (κ2) is 7.93. The molecule has 0 atom stereocenters. The molecule has 0 bridgehead atoms. The standard InChI is InChI=1S/C12H17ClN4OS/c1-17(2)8-7-14-12(19)16-15-11(18)9-5-3-4-6-10(9)13/h3-6H,7-8H2,1-2H3,(H,15,18)(H2,14,16,19). The molecule has 0 unspecified atom stereocenters. The van der Waals surface area contributed by atoms with Crippen LogP contribution in [0.4, 0.5) is 0 Å². The summed E-state index contributed by atoms with van der Waals surface area (Å²) in [6.07, 6.45) is 0. The molecule has 0 fully saturated rings. The molecule has 3 N–H and O–H groups in total. The average Bonchev–Trinajstić information content (AvgIpc) is 2.36. The number of thiocarbonyl (C=S) groups is 1. The summed E-state index contributed by atoms with van der Waals surface area (Å²) in [4.78, 5) is 13.8. The van der Waals surface area contributed by atoms with E-state index in [2.05, 4.69) is 16.2 Å². The van der Waals surface area contributed by atoms with Crippen LogP contribution in [0.25, 0.3) is 0 Å². The van der Waals surface area contributed by atoms with Gasteiger partial charge in [0.2, 0.25) is 0 Å². The van der Waals surface area contributed by atoms with Crippen molar-refractivity contribution in [2.24, 2.45) is 0 Å². The largest absolute Gasteiger partial charge is 0.360 e. The highest BCUT2D eigenvalue weighted by Gasteiger charge is 2.08. The summed E-state index contributed by atoms with van der Waals surface area (Å²) >= 11 is 10.9. The van der Waals surface area contributed by atoms with Gasteiger partial charge in [0.1, 0.15) is 0 Å². The Morgan fingerprint density at radius 3 is 2.63 bits per heavy atom. The van der Waals surface area contributed by atoms with Gasteiger partial charge in [-0.15, -0.1) is 0 Å². The van der Waals surface area contributed by atoms with Gasteiger partial charge in [0, 0.05) is 13.1 Å². The molecule has 1 aromatic carbocycles. The predicted octanol–water partition coefficient (Wildman–Crippen LogP) is 1.01. The van der Waals surface area contributed by atoms with Crippen LogP contribution in [0, 0.1) is 0 Å². The van der Waals surface area contributed by atoms with E-state index in [1.165, 1.54) is 0 Å². The van der Waals surface area contributed by atoms with E-state index in [0.29, 0.717) is 22.2 Å². The lowest BCUT2D eigenvalue weighted by Gasteiger charge is -2.14. The van der Waals surface area contributed by atoms with Crippen LogP contribution < -0.4 is 16.2 Å². The van der Waals surface area contributed by atoms with Crippen molar-refractivity contribution in [3.8, 4) is 0 Å². The predicted molar refractivity (Wildman–Crippen MR) is 81.2 cm³/mol. The molecule has 7 heteroatoms. The summed E-state index contributed by atoms with van der Waals surface area (Å²) < 4.78 is 0. The molecule has 0 radical (unpaired) electrons.